The van der Waals surface area contributed by atoms with Gasteiger partial charge in [-0.1, -0.05) is 13.0 Å². The fourth-order valence-corrected chi connectivity index (χ4v) is 0.458. The zero-order chi connectivity index (χ0) is 7.11. The minimum atomic E-state index is -0.000602. The molecule has 0 rings (SSSR count). The van der Waals surface area contributed by atoms with Crippen molar-refractivity contribution < 1.29 is 4.79 Å². The highest BCUT2D eigenvalue weighted by molar-refractivity contribution is 5.87. The van der Waals surface area contributed by atoms with E-state index < -0.39 is 0 Å². The number of carbonyl (C=O) groups is 1. The average molecular weight is 127 g/mol. The summed E-state index contributed by atoms with van der Waals surface area (Å²) >= 11 is 0. The maximum absolute atomic E-state index is 10.6. The summed E-state index contributed by atoms with van der Waals surface area (Å²) in [5, 5.41) is 2.65. The Morgan fingerprint density at radius 1 is 1.56 bits per heavy atom. The van der Waals surface area contributed by atoms with Crippen LogP contribution in [0.25, 0.3) is 0 Å². The monoisotopic (exact) mass is 127 g/mol. The van der Waals surface area contributed by atoms with Crippen molar-refractivity contribution in [2.24, 2.45) is 0 Å². The molecule has 0 bridgehead atoms. The number of nitrogens with one attached hydrogen (secondary N) is 1. The SMILES string of the molecule is CC/C=C/C(=O)NCC. The number of hydrogen-bond acceptors (Lipinski definition) is 1. The Morgan fingerprint density at radius 3 is 2.67 bits per heavy atom. The zero-order valence-corrected chi connectivity index (χ0v) is 5.98. The first-order valence-corrected chi connectivity index (χ1v) is 3.25. The second-order valence-corrected chi connectivity index (χ2v) is 1.71. The van der Waals surface area contributed by atoms with E-state index in [0.717, 1.165) is 6.42 Å². The van der Waals surface area contributed by atoms with Gasteiger partial charge in [-0.2, -0.15) is 0 Å². The van der Waals surface area contributed by atoms with Crippen molar-refractivity contribution in [3.05, 3.63) is 12.2 Å². The largest absolute Gasteiger partial charge is 0.353 e. The highest BCUT2D eigenvalue weighted by Gasteiger charge is 1.86. The quantitative estimate of drug-likeness (QED) is 0.565. The molecule has 0 saturated carbocycles. The molecule has 0 aromatic heterocycles. The highest BCUT2D eigenvalue weighted by Crippen LogP contribution is 1.78. The number of rotatable bonds is 3. The Kier molecular flexibility index (Phi) is 4.88. The summed E-state index contributed by atoms with van der Waals surface area (Å²) in [4.78, 5) is 10.6. The van der Waals surface area contributed by atoms with Gasteiger partial charge in [0, 0.05) is 6.54 Å². The Bertz CT molecular complexity index is 107. The van der Waals surface area contributed by atoms with Gasteiger partial charge < -0.3 is 5.32 Å². The second kappa shape index (κ2) is 5.35. The van der Waals surface area contributed by atoms with E-state index in [2.05, 4.69) is 5.32 Å². The molecule has 0 saturated heterocycles. The molecular weight excluding hydrogens is 114 g/mol. The molecule has 0 atom stereocenters. The molecule has 0 aliphatic heterocycles. The summed E-state index contributed by atoms with van der Waals surface area (Å²) < 4.78 is 0. The Morgan fingerprint density at radius 2 is 2.22 bits per heavy atom. The average Bonchev–Trinajstić information content (AvgIpc) is 1.85. The molecule has 0 radical (unpaired) electrons. The van der Waals surface area contributed by atoms with Crippen LogP contribution < -0.4 is 5.32 Å². The molecule has 0 aromatic carbocycles. The van der Waals surface area contributed by atoms with Crippen LogP contribution in [0.1, 0.15) is 20.3 Å². The third kappa shape index (κ3) is 5.07. The summed E-state index contributed by atoms with van der Waals surface area (Å²) in [5.74, 6) is -0.000602. The molecule has 0 aromatic rings. The van der Waals surface area contributed by atoms with Crippen LogP contribution in [-0.2, 0) is 4.79 Å². The van der Waals surface area contributed by atoms with Crippen LogP contribution in [-0.4, -0.2) is 12.5 Å². The molecule has 0 fully saturated rings. The van der Waals surface area contributed by atoms with Gasteiger partial charge in [0.05, 0.1) is 0 Å². The van der Waals surface area contributed by atoms with Crippen molar-refractivity contribution >= 4 is 5.91 Å². The fraction of sp³-hybridized carbons (Fsp3) is 0.571. The Labute approximate surface area is 56.0 Å². The van der Waals surface area contributed by atoms with Gasteiger partial charge in [0.1, 0.15) is 0 Å². The van der Waals surface area contributed by atoms with Crippen molar-refractivity contribution in [3.63, 3.8) is 0 Å². The van der Waals surface area contributed by atoms with E-state index in [-0.39, 0.29) is 5.91 Å². The number of likely N-dealkylation sites (N-methyl/N-ethyl adjacent to an activating group) is 1. The Hall–Kier alpha value is -0.790. The van der Waals surface area contributed by atoms with Crippen molar-refractivity contribution in [2.75, 3.05) is 6.54 Å². The molecule has 0 unspecified atom stereocenters. The molecule has 1 N–H and O–H groups in total. The van der Waals surface area contributed by atoms with E-state index in [0.29, 0.717) is 6.54 Å². The van der Waals surface area contributed by atoms with Crippen LogP contribution in [0.2, 0.25) is 0 Å². The summed E-state index contributed by atoms with van der Waals surface area (Å²) in [6.45, 7) is 4.60. The van der Waals surface area contributed by atoms with E-state index in [4.69, 9.17) is 0 Å². The normalized spacial score (nSPS) is 10.0. The van der Waals surface area contributed by atoms with Gasteiger partial charge in [0.15, 0.2) is 0 Å². The summed E-state index contributed by atoms with van der Waals surface area (Å²) in [6.07, 6.45) is 4.31. The van der Waals surface area contributed by atoms with Gasteiger partial charge in [-0.15, -0.1) is 0 Å². The van der Waals surface area contributed by atoms with Crippen molar-refractivity contribution in [1.82, 2.24) is 5.32 Å². The lowest BCUT2D eigenvalue weighted by Gasteiger charge is -1.92. The van der Waals surface area contributed by atoms with E-state index in [9.17, 15) is 4.79 Å². The molecule has 2 nitrogen and oxygen atoms in total. The van der Waals surface area contributed by atoms with Crippen LogP contribution in [0.15, 0.2) is 12.2 Å². The van der Waals surface area contributed by atoms with Crippen LogP contribution in [0.4, 0.5) is 0 Å². The molecule has 2 heteroatoms. The lowest BCUT2D eigenvalue weighted by atomic mass is 10.4. The van der Waals surface area contributed by atoms with Crippen LogP contribution >= 0.6 is 0 Å². The lowest BCUT2D eigenvalue weighted by molar-refractivity contribution is -0.116. The third-order valence-corrected chi connectivity index (χ3v) is 0.856. The molecular formula is C7H13NO. The molecule has 9 heavy (non-hydrogen) atoms. The predicted octanol–water partition coefficient (Wildman–Crippen LogP) is 1.09. The van der Waals surface area contributed by atoms with Gasteiger partial charge in [0.2, 0.25) is 5.91 Å². The first-order valence-electron chi connectivity index (χ1n) is 3.25. The lowest BCUT2D eigenvalue weighted by Crippen LogP contribution is -2.19. The van der Waals surface area contributed by atoms with Crippen LogP contribution in [0, 0.1) is 0 Å². The van der Waals surface area contributed by atoms with E-state index >= 15 is 0 Å². The summed E-state index contributed by atoms with van der Waals surface area (Å²) in [5.41, 5.74) is 0. The predicted molar refractivity (Wildman–Crippen MR) is 38.1 cm³/mol. The minimum absolute atomic E-state index is 0.000602. The van der Waals surface area contributed by atoms with Gasteiger partial charge >= 0.3 is 0 Å². The van der Waals surface area contributed by atoms with Crippen molar-refractivity contribution in [1.29, 1.82) is 0 Å². The number of hydrogen-bond donors (Lipinski definition) is 1. The van der Waals surface area contributed by atoms with Crippen molar-refractivity contribution in [2.45, 2.75) is 20.3 Å². The van der Waals surface area contributed by atoms with Crippen LogP contribution in [0.3, 0.4) is 0 Å². The number of allylic oxidation sites excluding steroid dienone is 1. The zero-order valence-electron chi connectivity index (χ0n) is 5.98. The molecule has 0 aliphatic rings. The molecule has 1 amide bonds. The van der Waals surface area contributed by atoms with Crippen molar-refractivity contribution in [3.8, 4) is 0 Å². The molecule has 0 aliphatic carbocycles. The topological polar surface area (TPSA) is 29.1 Å². The summed E-state index contributed by atoms with van der Waals surface area (Å²) in [7, 11) is 0. The van der Waals surface area contributed by atoms with Gasteiger partial charge in [0.25, 0.3) is 0 Å². The van der Waals surface area contributed by atoms with Gasteiger partial charge in [-0.05, 0) is 19.4 Å². The van der Waals surface area contributed by atoms with Gasteiger partial charge in [-0.25, -0.2) is 0 Å². The number of carbonyl (C=O) groups excluding carboxylic acids is 1. The van der Waals surface area contributed by atoms with E-state index in [1.54, 1.807) is 6.08 Å². The maximum Gasteiger partial charge on any atom is 0.243 e. The first-order chi connectivity index (χ1) is 4.31. The maximum atomic E-state index is 10.6. The van der Waals surface area contributed by atoms with E-state index in [1.807, 2.05) is 19.9 Å². The summed E-state index contributed by atoms with van der Waals surface area (Å²) in [6, 6.07) is 0. The third-order valence-electron chi connectivity index (χ3n) is 0.856. The van der Waals surface area contributed by atoms with E-state index in [1.165, 1.54) is 0 Å². The smallest absolute Gasteiger partial charge is 0.243 e. The standard InChI is InChI=1S/C7H13NO/c1-3-5-6-7(9)8-4-2/h5-6H,3-4H2,1-2H3,(H,8,9)/b6-5+. The molecule has 52 valence electrons. The fourth-order valence-electron chi connectivity index (χ4n) is 0.458. The molecule has 0 heterocycles. The first kappa shape index (κ1) is 8.21. The van der Waals surface area contributed by atoms with Gasteiger partial charge in [-0.3, -0.25) is 4.79 Å². The highest BCUT2D eigenvalue weighted by atomic mass is 16.1. The molecule has 0 spiro atoms. The number of amides is 1. The Balaban J connectivity index is 3.37. The minimum Gasteiger partial charge on any atom is -0.353 e. The van der Waals surface area contributed by atoms with Crippen LogP contribution in [0.5, 0.6) is 0 Å². The second-order valence-electron chi connectivity index (χ2n) is 1.71.